The largest absolute Gasteiger partial charge is 0.481 e. The zero-order valence-corrected chi connectivity index (χ0v) is 12.7. The number of carboxylic acids is 1. The molecule has 1 aliphatic rings. The van der Waals surface area contributed by atoms with E-state index >= 15 is 0 Å². The lowest BCUT2D eigenvalue weighted by atomic mass is 10.0. The number of aliphatic carboxylic acids is 1. The smallest absolute Gasteiger partial charge is 0.307 e. The second kappa shape index (κ2) is 7.04. The molecule has 1 aliphatic carbocycles. The molecule has 1 saturated carbocycles. The molecule has 0 atom stereocenters. The van der Waals surface area contributed by atoms with Gasteiger partial charge in [0.15, 0.2) is 0 Å². The van der Waals surface area contributed by atoms with Crippen molar-refractivity contribution in [1.29, 1.82) is 0 Å². The molecule has 116 valence electrons. The van der Waals surface area contributed by atoms with E-state index in [0.29, 0.717) is 18.4 Å². The van der Waals surface area contributed by atoms with Gasteiger partial charge >= 0.3 is 5.97 Å². The van der Waals surface area contributed by atoms with Gasteiger partial charge in [-0.15, -0.1) is 0 Å². The normalized spacial score (nSPS) is 16.8. The van der Waals surface area contributed by atoms with Crippen molar-refractivity contribution in [1.82, 2.24) is 4.72 Å². The Labute approximate surface area is 125 Å². The summed E-state index contributed by atoms with van der Waals surface area (Å²) in [6.07, 6.45) is 4.36. The molecule has 0 spiro atoms. The lowest BCUT2D eigenvalue weighted by Crippen LogP contribution is -2.35. The highest BCUT2D eigenvalue weighted by atomic mass is 32.2. The molecule has 2 N–H and O–H groups in total. The molecule has 0 aliphatic heterocycles. The van der Waals surface area contributed by atoms with Crippen molar-refractivity contribution in [3.63, 3.8) is 0 Å². The first kappa shape index (κ1) is 16.0. The van der Waals surface area contributed by atoms with E-state index in [0.717, 1.165) is 24.8 Å². The molecule has 0 bridgehead atoms. The van der Waals surface area contributed by atoms with Gasteiger partial charge in [-0.2, -0.15) is 0 Å². The Bertz CT molecular complexity index is 591. The Kier molecular flexibility index (Phi) is 5.36. The monoisotopic (exact) mass is 311 g/mol. The van der Waals surface area contributed by atoms with E-state index in [2.05, 4.69) is 4.72 Å². The Hall–Kier alpha value is -1.40. The minimum atomic E-state index is -3.32. The third-order valence-electron chi connectivity index (χ3n) is 3.91. The van der Waals surface area contributed by atoms with E-state index in [9.17, 15) is 13.2 Å². The zero-order chi connectivity index (χ0) is 15.3. The molecule has 0 unspecified atom stereocenters. The van der Waals surface area contributed by atoms with E-state index < -0.39 is 16.0 Å². The Balaban J connectivity index is 2.03. The molecule has 0 aromatic heterocycles. The summed E-state index contributed by atoms with van der Waals surface area (Å²) < 4.78 is 27.2. The van der Waals surface area contributed by atoms with Crippen LogP contribution in [0.15, 0.2) is 24.3 Å². The number of nitrogens with one attached hydrogen (secondary N) is 1. The van der Waals surface area contributed by atoms with Crippen LogP contribution in [-0.4, -0.2) is 24.7 Å². The van der Waals surface area contributed by atoms with Crippen molar-refractivity contribution in [3.8, 4) is 0 Å². The fourth-order valence-corrected chi connectivity index (χ4v) is 4.28. The summed E-state index contributed by atoms with van der Waals surface area (Å²) in [7, 11) is -3.32. The summed E-state index contributed by atoms with van der Waals surface area (Å²) in [4.78, 5) is 10.8. The summed E-state index contributed by atoms with van der Waals surface area (Å²) in [5.74, 6) is -0.919. The second-order valence-electron chi connectivity index (χ2n) is 5.47. The fraction of sp³-hybridized carbons (Fsp3) is 0.533. The van der Waals surface area contributed by atoms with Gasteiger partial charge in [0.05, 0.1) is 11.7 Å². The summed E-state index contributed by atoms with van der Waals surface area (Å²) in [5.41, 5.74) is 1.37. The number of hydrogen-bond acceptors (Lipinski definition) is 3. The minimum absolute atomic E-state index is 0.0959. The average molecular weight is 311 g/mol. The Morgan fingerprint density at radius 1 is 1.14 bits per heavy atom. The van der Waals surface area contributed by atoms with Crippen LogP contribution in [0, 0.1) is 0 Å². The predicted molar refractivity (Wildman–Crippen MR) is 80.4 cm³/mol. The van der Waals surface area contributed by atoms with Gasteiger partial charge in [-0.1, -0.05) is 43.5 Å². The Morgan fingerprint density at radius 3 is 2.38 bits per heavy atom. The van der Waals surface area contributed by atoms with Crippen molar-refractivity contribution in [3.05, 3.63) is 35.4 Å². The van der Waals surface area contributed by atoms with Gasteiger partial charge in [0.25, 0.3) is 0 Å². The maximum Gasteiger partial charge on any atom is 0.307 e. The number of carbonyl (C=O) groups is 1. The minimum Gasteiger partial charge on any atom is -0.481 e. The van der Waals surface area contributed by atoms with Gasteiger partial charge in [-0.25, -0.2) is 13.1 Å². The first-order valence-electron chi connectivity index (χ1n) is 7.26. The molecular formula is C15H21NO4S. The van der Waals surface area contributed by atoms with Crippen LogP contribution in [0.1, 0.15) is 43.2 Å². The van der Waals surface area contributed by atoms with Gasteiger partial charge in [0, 0.05) is 6.54 Å². The molecule has 1 aromatic carbocycles. The number of benzene rings is 1. The van der Waals surface area contributed by atoms with Crippen LogP contribution in [-0.2, 0) is 27.8 Å². The molecule has 0 radical (unpaired) electrons. The summed E-state index contributed by atoms with van der Waals surface area (Å²) >= 11 is 0. The van der Waals surface area contributed by atoms with Crippen LogP contribution in [0.2, 0.25) is 0 Å². The third-order valence-corrected chi connectivity index (χ3v) is 5.81. The molecule has 1 aromatic rings. The molecule has 5 nitrogen and oxygen atoms in total. The van der Waals surface area contributed by atoms with Crippen LogP contribution >= 0.6 is 0 Å². The molecule has 21 heavy (non-hydrogen) atoms. The average Bonchev–Trinajstić information content (AvgIpc) is 2.47. The second-order valence-corrected chi connectivity index (χ2v) is 7.51. The summed E-state index contributed by atoms with van der Waals surface area (Å²) in [6.45, 7) is 0.155. The van der Waals surface area contributed by atoms with E-state index in [1.54, 1.807) is 24.3 Å². The molecule has 0 saturated heterocycles. The zero-order valence-electron chi connectivity index (χ0n) is 11.9. The van der Waals surface area contributed by atoms with Gasteiger partial charge < -0.3 is 5.11 Å². The van der Waals surface area contributed by atoms with Crippen molar-refractivity contribution < 1.29 is 18.3 Å². The van der Waals surface area contributed by atoms with Crippen LogP contribution in [0.4, 0.5) is 0 Å². The molecule has 1 fully saturated rings. The predicted octanol–water partition coefficient (Wildman–Crippen LogP) is 2.07. The van der Waals surface area contributed by atoms with Gasteiger partial charge in [0.2, 0.25) is 10.0 Å². The van der Waals surface area contributed by atoms with Crippen molar-refractivity contribution in [2.75, 3.05) is 0 Å². The van der Waals surface area contributed by atoms with E-state index in [1.165, 1.54) is 0 Å². The van der Waals surface area contributed by atoms with E-state index in [-0.39, 0.29) is 18.2 Å². The molecule has 0 amide bonds. The Morgan fingerprint density at radius 2 is 1.76 bits per heavy atom. The third kappa shape index (κ3) is 4.54. The van der Waals surface area contributed by atoms with E-state index in [4.69, 9.17) is 5.11 Å². The standard InChI is InChI=1S/C15H21NO4S/c17-15(18)10-12-6-4-5-7-13(12)11-16-21(19,20)14-8-2-1-3-9-14/h4-7,14,16H,1-3,8-11H2,(H,17,18). The van der Waals surface area contributed by atoms with Gasteiger partial charge in [-0.3, -0.25) is 4.79 Å². The van der Waals surface area contributed by atoms with E-state index in [1.807, 2.05) is 0 Å². The molecule has 0 heterocycles. The first-order chi connectivity index (χ1) is 9.99. The highest BCUT2D eigenvalue weighted by Gasteiger charge is 2.26. The van der Waals surface area contributed by atoms with Crippen LogP contribution in [0.25, 0.3) is 0 Å². The topological polar surface area (TPSA) is 83.5 Å². The highest BCUT2D eigenvalue weighted by Crippen LogP contribution is 2.23. The molecule has 6 heteroatoms. The SMILES string of the molecule is O=C(O)Cc1ccccc1CNS(=O)(=O)C1CCCCC1. The highest BCUT2D eigenvalue weighted by molar-refractivity contribution is 7.90. The van der Waals surface area contributed by atoms with Gasteiger partial charge in [-0.05, 0) is 24.0 Å². The molecule has 2 rings (SSSR count). The lowest BCUT2D eigenvalue weighted by Gasteiger charge is -2.22. The quantitative estimate of drug-likeness (QED) is 0.842. The van der Waals surface area contributed by atoms with Gasteiger partial charge in [0.1, 0.15) is 0 Å². The lowest BCUT2D eigenvalue weighted by molar-refractivity contribution is -0.136. The number of carboxylic acid groups (broad SMARTS) is 1. The number of hydrogen-bond donors (Lipinski definition) is 2. The van der Waals surface area contributed by atoms with Crippen LogP contribution in [0.3, 0.4) is 0 Å². The number of rotatable bonds is 6. The van der Waals surface area contributed by atoms with Crippen molar-refractivity contribution in [2.45, 2.75) is 50.3 Å². The first-order valence-corrected chi connectivity index (χ1v) is 8.81. The maximum atomic E-state index is 12.3. The van der Waals surface area contributed by atoms with Crippen LogP contribution in [0.5, 0.6) is 0 Å². The van der Waals surface area contributed by atoms with Crippen molar-refractivity contribution in [2.24, 2.45) is 0 Å². The fourth-order valence-electron chi connectivity index (χ4n) is 2.74. The summed E-state index contributed by atoms with van der Waals surface area (Å²) in [5, 5.41) is 8.58. The maximum absolute atomic E-state index is 12.3. The summed E-state index contributed by atoms with van der Waals surface area (Å²) in [6, 6.07) is 7.03. The molecular weight excluding hydrogens is 290 g/mol. The van der Waals surface area contributed by atoms with Crippen molar-refractivity contribution >= 4 is 16.0 Å². The number of sulfonamides is 1. The van der Waals surface area contributed by atoms with Crippen LogP contribution < -0.4 is 4.72 Å².